The first-order valence-corrected chi connectivity index (χ1v) is 5.91. The van der Waals surface area contributed by atoms with Gasteiger partial charge in [0.1, 0.15) is 5.94 Å². The van der Waals surface area contributed by atoms with Crippen molar-refractivity contribution in [3.05, 3.63) is 34.9 Å². The molecule has 1 atom stereocenters. The molecule has 1 aromatic carbocycles. The minimum atomic E-state index is -0.892. The van der Waals surface area contributed by atoms with Gasteiger partial charge in [-0.25, -0.2) is 0 Å². The maximum absolute atomic E-state index is 10.7. The Morgan fingerprint density at radius 1 is 1.38 bits per heavy atom. The van der Waals surface area contributed by atoms with Crippen molar-refractivity contribution in [3.63, 3.8) is 0 Å². The van der Waals surface area contributed by atoms with E-state index in [0.717, 1.165) is 5.56 Å². The van der Waals surface area contributed by atoms with Gasteiger partial charge in [-0.1, -0.05) is 23.7 Å². The topological polar surface area (TPSA) is 26.3 Å². The van der Waals surface area contributed by atoms with Crippen molar-refractivity contribution in [3.8, 4) is 0 Å². The molecule has 0 N–H and O–H groups in total. The summed E-state index contributed by atoms with van der Waals surface area (Å²) in [5.74, 6) is 0.280. The van der Waals surface area contributed by atoms with Gasteiger partial charge < -0.3 is 4.74 Å². The van der Waals surface area contributed by atoms with Crippen LogP contribution in [0.25, 0.3) is 0 Å². The first-order valence-electron chi connectivity index (χ1n) is 3.80. The Balaban J connectivity index is 2.37. The van der Waals surface area contributed by atoms with Gasteiger partial charge in [0, 0.05) is 22.1 Å². The molecule has 0 spiro atoms. The predicted octanol–water partition coefficient (Wildman–Crippen LogP) is 2.19. The maximum atomic E-state index is 10.7. The molecular formula is C9H11ClO2S. The van der Waals surface area contributed by atoms with Gasteiger partial charge in [-0.05, 0) is 17.7 Å². The molecule has 0 heterocycles. The van der Waals surface area contributed by atoms with Crippen molar-refractivity contribution in [1.82, 2.24) is 0 Å². The molecule has 4 heteroatoms. The zero-order valence-electron chi connectivity index (χ0n) is 7.33. The molecule has 0 amide bonds. The quantitative estimate of drug-likeness (QED) is 0.775. The van der Waals surface area contributed by atoms with E-state index in [1.807, 2.05) is 24.3 Å². The fourth-order valence-electron chi connectivity index (χ4n) is 0.858. The van der Waals surface area contributed by atoms with E-state index in [4.69, 9.17) is 16.3 Å². The predicted molar refractivity (Wildman–Crippen MR) is 55.2 cm³/mol. The molecular weight excluding hydrogens is 208 g/mol. The van der Waals surface area contributed by atoms with Crippen LogP contribution in [0.3, 0.4) is 0 Å². The Morgan fingerprint density at radius 3 is 2.54 bits per heavy atom. The van der Waals surface area contributed by atoms with Crippen LogP contribution in [0.1, 0.15) is 5.56 Å². The SMILES string of the molecule is CS(=O)COCc1ccc(Cl)cc1. The van der Waals surface area contributed by atoms with Crippen molar-refractivity contribution >= 4 is 22.4 Å². The van der Waals surface area contributed by atoms with Crippen LogP contribution >= 0.6 is 11.6 Å². The maximum Gasteiger partial charge on any atom is 0.122 e. The second-order valence-corrected chi connectivity index (χ2v) is 4.48. The normalized spacial score (nSPS) is 12.8. The van der Waals surface area contributed by atoms with Crippen molar-refractivity contribution in [2.45, 2.75) is 6.61 Å². The highest BCUT2D eigenvalue weighted by molar-refractivity contribution is 7.84. The number of hydrogen-bond acceptors (Lipinski definition) is 2. The molecule has 0 aliphatic rings. The minimum Gasteiger partial charge on any atom is -0.364 e. The van der Waals surface area contributed by atoms with Gasteiger partial charge in [0.25, 0.3) is 0 Å². The molecule has 0 bridgehead atoms. The summed E-state index contributed by atoms with van der Waals surface area (Å²) < 4.78 is 15.8. The van der Waals surface area contributed by atoms with Crippen LogP contribution in [-0.2, 0) is 22.1 Å². The summed E-state index contributed by atoms with van der Waals surface area (Å²) in [5.41, 5.74) is 1.04. The van der Waals surface area contributed by atoms with Crippen LogP contribution in [0.4, 0.5) is 0 Å². The molecule has 1 unspecified atom stereocenters. The van der Waals surface area contributed by atoms with Crippen molar-refractivity contribution in [1.29, 1.82) is 0 Å². The molecule has 1 rings (SSSR count). The third-order valence-electron chi connectivity index (χ3n) is 1.43. The molecule has 0 radical (unpaired) electrons. The van der Waals surface area contributed by atoms with Crippen LogP contribution in [-0.4, -0.2) is 16.4 Å². The van der Waals surface area contributed by atoms with E-state index >= 15 is 0 Å². The first-order chi connectivity index (χ1) is 6.18. The van der Waals surface area contributed by atoms with Crippen LogP contribution in [0.15, 0.2) is 24.3 Å². The number of hydrogen-bond donors (Lipinski definition) is 0. The summed E-state index contributed by atoms with van der Waals surface area (Å²) in [6.45, 7) is 0.483. The fraction of sp³-hybridized carbons (Fsp3) is 0.333. The lowest BCUT2D eigenvalue weighted by Crippen LogP contribution is -2.00. The molecule has 1 aromatic rings. The molecule has 72 valence electrons. The molecule has 0 aromatic heterocycles. The van der Waals surface area contributed by atoms with Gasteiger partial charge in [0.05, 0.1) is 6.61 Å². The highest BCUT2D eigenvalue weighted by Crippen LogP contribution is 2.10. The Morgan fingerprint density at radius 2 is 2.00 bits per heavy atom. The molecule has 13 heavy (non-hydrogen) atoms. The van der Waals surface area contributed by atoms with Gasteiger partial charge in [-0.2, -0.15) is 0 Å². The molecule has 0 saturated carbocycles. The summed E-state index contributed by atoms with van der Waals surface area (Å²) in [6, 6.07) is 7.40. The molecule has 0 saturated heterocycles. The van der Waals surface area contributed by atoms with Gasteiger partial charge in [-0.3, -0.25) is 4.21 Å². The minimum absolute atomic E-state index is 0.280. The number of benzene rings is 1. The standard InChI is InChI=1S/C9H11ClO2S/c1-13(11)7-12-6-8-2-4-9(10)5-3-8/h2-5H,6-7H2,1H3. The van der Waals surface area contributed by atoms with Gasteiger partial charge in [0.15, 0.2) is 0 Å². The summed E-state index contributed by atoms with van der Waals surface area (Å²) in [7, 11) is -0.892. The van der Waals surface area contributed by atoms with E-state index in [0.29, 0.717) is 11.6 Å². The Labute approximate surface area is 85.3 Å². The third-order valence-corrected chi connectivity index (χ3v) is 2.18. The Hall–Kier alpha value is -0.380. The Kier molecular flexibility index (Phi) is 4.42. The lowest BCUT2D eigenvalue weighted by atomic mass is 10.2. The van der Waals surface area contributed by atoms with E-state index in [1.54, 1.807) is 6.26 Å². The van der Waals surface area contributed by atoms with Crippen LogP contribution in [0.2, 0.25) is 5.02 Å². The fourth-order valence-corrected chi connectivity index (χ4v) is 1.30. The Bertz CT molecular complexity index is 284. The van der Waals surface area contributed by atoms with Crippen LogP contribution in [0.5, 0.6) is 0 Å². The van der Waals surface area contributed by atoms with E-state index in [1.165, 1.54) is 0 Å². The summed E-state index contributed by atoms with van der Waals surface area (Å²) in [5, 5.41) is 0.711. The van der Waals surface area contributed by atoms with E-state index in [9.17, 15) is 4.21 Å². The van der Waals surface area contributed by atoms with Crippen LogP contribution in [0, 0.1) is 0 Å². The lowest BCUT2D eigenvalue weighted by Gasteiger charge is -2.01. The average Bonchev–Trinajstić information content (AvgIpc) is 2.08. The van der Waals surface area contributed by atoms with E-state index in [2.05, 4.69) is 0 Å². The smallest absolute Gasteiger partial charge is 0.122 e. The number of ether oxygens (including phenoxy) is 1. The molecule has 0 aliphatic carbocycles. The number of halogens is 1. The molecule has 0 aliphatic heterocycles. The first kappa shape index (κ1) is 10.7. The van der Waals surface area contributed by atoms with Gasteiger partial charge >= 0.3 is 0 Å². The third kappa shape index (κ3) is 4.41. The van der Waals surface area contributed by atoms with Crippen molar-refractivity contribution < 1.29 is 8.95 Å². The van der Waals surface area contributed by atoms with Gasteiger partial charge in [-0.15, -0.1) is 0 Å². The molecule has 0 fully saturated rings. The monoisotopic (exact) mass is 218 g/mol. The molecule has 2 nitrogen and oxygen atoms in total. The van der Waals surface area contributed by atoms with E-state index in [-0.39, 0.29) is 5.94 Å². The van der Waals surface area contributed by atoms with Crippen LogP contribution < -0.4 is 0 Å². The second-order valence-electron chi connectivity index (χ2n) is 2.67. The van der Waals surface area contributed by atoms with Crippen molar-refractivity contribution in [2.75, 3.05) is 12.2 Å². The van der Waals surface area contributed by atoms with Crippen molar-refractivity contribution in [2.24, 2.45) is 0 Å². The number of rotatable bonds is 4. The second kappa shape index (κ2) is 5.37. The largest absolute Gasteiger partial charge is 0.364 e. The average molecular weight is 219 g/mol. The van der Waals surface area contributed by atoms with Gasteiger partial charge in [0.2, 0.25) is 0 Å². The van der Waals surface area contributed by atoms with E-state index < -0.39 is 10.8 Å². The highest BCUT2D eigenvalue weighted by Gasteiger charge is 1.94. The summed E-state index contributed by atoms with van der Waals surface area (Å²) in [6.07, 6.45) is 1.61. The lowest BCUT2D eigenvalue weighted by molar-refractivity contribution is 0.166. The highest BCUT2D eigenvalue weighted by atomic mass is 35.5. The summed E-state index contributed by atoms with van der Waals surface area (Å²) in [4.78, 5) is 0. The summed E-state index contributed by atoms with van der Waals surface area (Å²) >= 11 is 5.71. The zero-order valence-corrected chi connectivity index (χ0v) is 8.90. The zero-order chi connectivity index (χ0) is 9.68.